The summed E-state index contributed by atoms with van der Waals surface area (Å²) in [6.07, 6.45) is 9.24. The average molecular weight is 489 g/mol. The lowest BCUT2D eigenvalue weighted by Crippen LogP contribution is -2.34. The third-order valence-electron chi connectivity index (χ3n) is 6.75. The van der Waals surface area contributed by atoms with Crippen LogP contribution in [0.25, 0.3) is 11.3 Å². The normalized spacial score (nSPS) is 12.6. The van der Waals surface area contributed by atoms with Gasteiger partial charge in [0, 0.05) is 54.8 Å². The van der Waals surface area contributed by atoms with Crippen LogP contribution in [-0.2, 0) is 24.1 Å². The van der Waals surface area contributed by atoms with Crippen LogP contribution in [0.4, 0.5) is 5.69 Å². The molecule has 0 fully saturated rings. The molecule has 1 amide bonds. The Hall–Kier alpha value is -4.45. The van der Waals surface area contributed by atoms with Crippen molar-refractivity contribution in [2.45, 2.75) is 32.6 Å². The molecule has 6 nitrogen and oxygen atoms in total. The van der Waals surface area contributed by atoms with E-state index in [9.17, 15) is 9.59 Å². The van der Waals surface area contributed by atoms with Gasteiger partial charge in [0.2, 0.25) is 5.91 Å². The molecule has 0 spiro atoms. The van der Waals surface area contributed by atoms with Gasteiger partial charge in [0.25, 0.3) is 0 Å². The van der Waals surface area contributed by atoms with Crippen molar-refractivity contribution in [2.24, 2.45) is 0 Å². The molecule has 0 radical (unpaired) electrons. The third kappa shape index (κ3) is 5.38. The van der Waals surface area contributed by atoms with Gasteiger partial charge in [0.05, 0.1) is 5.69 Å². The van der Waals surface area contributed by atoms with Crippen LogP contribution in [0, 0.1) is 6.92 Å². The lowest BCUT2D eigenvalue weighted by molar-refractivity contribution is -0.114. The maximum atomic E-state index is 13.2. The number of hydrogen-bond donors (Lipinski definition) is 0. The predicted molar refractivity (Wildman–Crippen MR) is 145 cm³/mol. The van der Waals surface area contributed by atoms with Crippen molar-refractivity contribution in [1.82, 2.24) is 15.0 Å². The van der Waals surface area contributed by atoms with Crippen molar-refractivity contribution in [2.75, 3.05) is 11.4 Å². The second kappa shape index (κ2) is 10.7. The number of amides is 1. The standard InChI is InChI=1S/C31H28N4O2/c1-3-31(37)35-15-5-7-23-18-24(10-11-28(23)35)29(36)17-22-9-8-21(2)26(16-22)19-30-33-14-12-27(34-30)25-6-4-13-32-20-25/h3-4,6,8-14,16,18,20H,1,5,7,15,17,19H2,2H3. The van der Waals surface area contributed by atoms with Crippen molar-refractivity contribution in [1.29, 1.82) is 0 Å². The summed E-state index contributed by atoms with van der Waals surface area (Å²) in [6.45, 7) is 6.34. The number of ketones is 1. The first-order valence-electron chi connectivity index (χ1n) is 12.4. The summed E-state index contributed by atoms with van der Waals surface area (Å²) < 4.78 is 0. The fourth-order valence-corrected chi connectivity index (χ4v) is 4.75. The molecular formula is C31H28N4O2. The molecule has 0 aliphatic carbocycles. The molecule has 0 bridgehead atoms. The summed E-state index contributed by atoms with van der Waals surface area (Å²) in [7, 11) is 0. The first-order chi connectivity index (χ1) is 18.0. The van der Waals surface area contributed by atoms with E-state index in [1.54, 1.807) is 23.5 Å². The summed E-state index contributed by atoms with van der Waals surface area (Å²) in [6, 6.07) is 17.5. The molecule has 3 heterocycles. The second-order valence-electron chi connectivity index (χ2n) is 9.28. The van der Waals surface area contributed by atoms with E-state index in [-0.39, 0.29) is 11.7 Å². The van der Waals surface area contributed by atoms with Gasteiger partial charge in [-0.05, 0) is 84.5 Å². The molecule has 0 atom stereocenters. The fraction of sp³-hybridized carbons (Fsp3) is 0.194. The van der Waals surface area contributed by atoms with Crippen LogP contribution in [0.3, 0.4) is 0 Å². The number of aryl methyl sites for hydroxylation is 2. The van der Waals surface area contributed by atoms with Crippen molar-refractivity contribution >= 4 is 17.4 Å². The summed E-state index contributed by atoms with van der Waals surface area (Å²) >= 11 is 0. The zero-order chi connectivity index (χ0) is 25.8. The zero-order valence-electron chi connectivity index (χ0n) is 20.9. The molecule has 4 aromatic rings. The van der Waals surface area contributed by atoms with E-state index in [4.69, 9.17) is 4.98 Å². The number of fused-ring (bicyclic) bond motifs is 1. The number of nitrogens with zero attached hydrogens (tertiary/aromatic N) is 4. The van der Waals surface area contributed by atoms with E-state index in [0.717, 1.165) is 57.9 Å². The highest BCUT2D eigenvalue weighted by Gasteiger charge is 2.22. The van der Waals surface area contributed by atoms with E-state index in [2.05, 4.69) is 35.6 Å². The molecule has 0 unspecified atom stereocenters. The number of hydrogen-bond acceptors (Lipinski definition) is 5. The molecule has 6 heteroatoms. The summed E-state index contributed by atoms with van der Waals surface area (Å²) in [4.78, 5) is 40.5. The van der Waals surface area contributed by atoms with E-state index < -0.39 is 0 Å². The molecule has 2 aromatic heterocycles. The Morgan fingerprint density at radius 1 is 1.08 bits per heavy atom. The minimum Gasteiger partial charge on any atom is -0.309 e. The molecule has 2 aromatic carbocycles. The lowest BCUT2D eigenvalue weighted by Gasteiger charge is -2.29. The lowest BCUT2D eigenvalue weighted by atomic mass is 9.94. The molecule has 0 N–H and O–H groups in total. The number of Topliss-reactive ketones (excluding diaryl/α,β-unsaturated/α-hetero) is 1. The van der Waals surface area contributed by atoms with E-state index >= 15 is 0 Å². The molecule has 1 aliphatic rings. The Kier molecular flexibility index (Phi) is 6.99. The SMILES string of the molecule is C=CC(=O)N1CCCc2cc(C(=O)Cc3ccc(C)c(Cc4nccc(-c5cccnc5)n4)c3)ccc21. The smallest absolute Gasteiger partial charge is 0.250 e. The first-order valence-corrected chi connectivity index (χ1v) is 12.4. The van der Waals surface area contributed by atoms with E-state index in [1.807, 2.05) is 42.5 Å². The number of benzene rings is 2. The highest BCUT2D eigenvalue weighted by Crippen LogP contribution is 2.29. The van der Waals surface area contributed by atoms with Crippen LogP contribution in [0.1, 0.15) is 44.9 Å². The van der Waals surface area contributed by atoms with Crippen molar-refractivity contribution in [3.63, 3.8) is 0 Å². The third-order valence-corrected chi connectivity index (χ3v) is 6.75. The first kappa shape index (κ1) is 24.3. The number of carbonyl (C=O) groups excluding carboxylic acids is 2. The van der Waals surface area contributed by atoms with Crippen LogP contribution >= 0.6 is 0 Å². The highest BCUT2D eigenvalue weighted by molar-refractivity contribution is 6.03. The Bertz CT molecular complexity index is 1480. The Morgan fingerprint density at radius 2 is 1.97 bits per heavy atom. The zero-order valence-corrected chi connectivity index (χ0v) is 20.9. The van der Waals surface area contributed by atoms with Gasteiger partial charge in [-0.25, -0.2) is 9.97 Å². The quantitative estimate of drug-likeness (QED) is 0.260. The van der Waals surface area contributed by atoms with E-state index in [0.29, 0.717) is 24.9 Å². The van der Waals surface area contributed by atoms with Gasteiger partial charge < -0.3 is 4.90 Å². The largest absolute Gasteiger partial charge is 0.309 e. The van der Waals surface area contributed by atoms with Crippen LogP contribution in [0.2, 0.25) is 0 Å². The highest BCUT2D eigenvalue weighted by atomic mass is 16.2. The van der Waals surface area contributed by atoms with Gasteiger partial charge in [0.15, 0.2) is 5.78 Å². The van der Waals surface area contributed by atoms with Crippen LogP contribution in [-0.4, -0.2) is 33.2 Å². The van der Waals surface area contributed by atoms with Gasteiger partial charge >= 0.3 is 0 Å². The molecule has 5 rings (SSSR count). The van der Waals surface area contributed by atoms with Crippen LogP contribution in [0.15, 0.2) is 85.8 Å². The minimum absolute atomic E-state index is 0.0552. The Balaban J connectivity index is 1.33. The maximum absolute atomic E-state index is 13.2. The minimum atomic E-state index is -0.109. The predicted octanol–water partition coefficient (Wildman–Crippen LogP) is 5.33. The molecule has 0 saturated heterocycles. The van der Waals surface area contributed by atoms with Crippen LogP contribution in [0.5, 0.6) is 0 Å². The Labute approximate surface area is 216 Å². The van der Waals surface area contributed by atoms with Gasteiger partial charge in [-0.1, -0.05) is 24.8 Å². The van der Waals surface area contributed by atoms with Gasteiger partial charge in [-0.15, -0.1) is 0 Å². The number of rotatable bonds is 7. The van der Waals surface area contributed by atoms with Gasteiger partial charge in [-0.2, -0.15) is 0 Å². The second-order valence-corrected chi connectivity index (χ2v) is 9.28. The Morgan fingerprint density at radius 3 is 2.78 bits per heavy atom. The number of aromatic nitrogens is 3. The topological polar surface area (TPSA) is 76.1 Å². The molecule has 1 aliphatic heterocycles. The number of carbonyl (C=O) groups is 2. The van der Waals surface area contributed by atoms with Crippen molar-refractivity contribution in [3.8, 4) is 11.3 Å². The van der Waals surface area contributed by atoms with Crippen LogP contribution < -0.4 is 4.90 Å². The van der Waals surface area contributed by atoms with Gasteiger partial charge in [-0.3, -0.25) is 14.6 Å². The summed E-state index contributed by atoms with van der Waals surface area (Å²) in [5.74, 6) is 0.669. The summed E-state index contributed by atoms with van der Waals surface area (Å²) in [5.41, 5.74) is 7.54. The molecule has 184 valence electrons. The summed E-state index contributed by atoms with van der Waals surface area (Å²) in [5, 5.41) is 0. The van der Waals surface area contributed by atoms with Crippen molar-refractivity contribution in [3.05, 3.63) is 119 Å². The fourth-order valence-electron chi connectivity index (χ4n) is 4.75. The number of anilines is 1. The maximum Gasteiger partial charge on any atom is 0.250 e. The number of pyridine rings is 1. The van der Waals surface area contributed by atoms with Crippen molar-refractivity contribution < 1.29 is 9.59 Å². The van der Waals surface area contributed by atoms with E-state index in [1.165, 1.54) is 6.08 Å². The molecular weight excluding hydrogens is 460 g/mol. The average Bonchev–Trinajstić information content (AvgIpc) is 2.94. The van der Waals surface area contributed by atoms with Gasteiger partial charge in [0.1, 0.15) is 5.82 Å². The monoisotopic (exact) mass is 488 g/mol. The molecule has 0 saturated carbocycles. The molecule has 37 heavy (non-hydrogen) atoms.